The smallest absolute Gasteiger partial charge is 0.272 e. The van der Waals surface area contributed by atoms with Gasteiger partial charge in [-0.2, -0.15) is 0 Å². The van der Waals surface area contributed by atoms with Gasteiger partial charge in [-0.15, -0.1) is 0 Å². The van der Waals surface area contributed by atoms with Gasteiger partial charge in [-0.1, -0.05) is 11.6 Å². The average Bonchev–Trinajstić information content (AvgIpc) is 3.13. The van der Waals surface area contributed by atoms with Crippen molar-refractivity contribution >= 4 is 40.2 Å². The number of rotatable bonds is 7. The molecule has 4 rings (SSSR count). The molecule has 9 nitrogen and oxygen atoms in total. The molecule has 0 atom stereocenters. The second kappa shape index (κ2) is 9.48. The number of hydrogen-bond donors (Lipinski definition) is 1. The molecule has 0 aliphatic heterocycles. The lowest BCUT2D eigenvalue weighted by Gasteiger charge is -2.13. The van der Waals surface area contributed by atoms with Crippen LogP contribution in [-0.4, -0.2) is 53.7 Å². The number of aromatic nitrogens is 3. The number of benzene rings is 2. The molecule has 4 aromatic rings. The van der Waals surface area contributed by atoms with Gasteiger partial charge < -0.3 is 29.0 Å². The van der Waals surface area contributed by atoms with Crippen molar-refractivity contribution in [3.05, 3.63) is 59.4 Å². The van der Waals surface area contributed by atoms with Gasteiger partial charge in [0.05, 0.1) is 36.0 Å². The third-order valence-corrected chi connectivity index (χ3v) is 5.46. The standard InChI is InChI=1S/C24H24ClN5O4/c1-29(2)23(31)19-11-15(8-9-26-19)34-14-6-7-20-17(10-14)27-24(30(20)3)28-18-12-16(25)21(32-4)13-22(18)33-5/h6-13H,1-5H3,(H,27,28). The van der Waals surface area contributed by atoms with Crippen LogP contribution < -0.4 is 19.5 Å². The summed E-state index contributed by atoms with van der Waals surface area (Å²) in [5, 5.41) is 3.72. The Balaban J connectivity index is 1.62. The van der Waals surface area contributed by atoms with Crippen molar-refractivity contribution in [3.63, 3.8) is 0 Å². The van der Waals surface area contributed by atoms with Crippen LogP contribution >= 0.6 is 11.6 Å². The van der Waals surface area contributed by atoms with E-state index in [0.29, 0.717) is 45.4 Å². The fourth-order valence-electron chi connectivity index (χ4n) is 3.39. The SMILES string of the molecule is COc1cc(OC)c(Nc2nc3cc(Oc4ccnc(C(=O)N(C)C)c4)ccc3n2C)cc1Cl. The number of nitrogens with one attached hydrogen (secondary N) is 1. The van der Waals surface area contributed by atoms with Crippen LogP contribution in [0.3, 0.4) is 0 Å². The minimum atomic E-state index is -0.199. The van der Waals surface area contributed by atoms with E-state index in [9.17, 15) is 4.79 Å². The predicted molar refractivity (Wildman–Crippen MR) is 131 cm³/mol. The number of nitrogens with zero attached hydrogens (tertiary/aromatic N) is 4. The highest BCUT2D eigenvalue weighted by molar-refractivity contribution is 6.32. The Labute approximate surface area is 201 Å². The summed E-state index contributed by atoms with van der Waals surface area (Å²) < 4.78 is 18.6. The van der Waals surface area contributed by atoms with Crippen molar-refractivity contribution < 1.29 is 19.0 Å². The maximum atomic E-state index is 12.2. The molecule has 0 spiro atoms. The molecular weight excluding hydrogens is 458 g/mol. The Kier molecular flexibility index (Phi) is 6.47. The lowest BCUT2D eigenvalue weighted by molar-refractivity contribution is 0.0821. The topological polar surface area (TPSA) is 90.7 Å². The minimum Gasteiger partial charge on any atom is -0.495 e. The summed E-state index contributed by atoms with van der Waals surface area (Å²) >= 11 is 6.30. The van der Waals surface area contributed by atoms with E-state index in [1.807, 2.05) is 29.8 Å². The van der Waals surface area contributed by atoms with Gasteiger partial charge in [0.15, 0.2) is 0 Å². The first-order valence-corrected chi connectivity index (χ1v) is 10.7. The number of aryl methyl sites for hydroxylation is 1. The Bertz CT molecular complexity index is 1370. The largest absolute Gasteiger partial charge is 0.495 e. The molecule has 2 aromatic carbocycles. The molecule has 1 N–H and O–H groups in total. The molecule has 0 fully saturated rings. The monoisotopic (exact) mass is 481 g/mol. The quantitative estimate of drug-likeness (QED) is 0.402. The maximum Gasteiger partial charge on any atom is 0.272 e. The summed E-state index contributed by atoms with van der Waals surface area (Å²) in [6.45, 7) is 0. The zero-order valence-corrected chi connectivity index (χ0v) is 20.2. The molecule has 0 saturated heterocycles. The van der Waals surface area contributed by atoms with Crippen LogP contribution in [0.15, 0.2) is 48.7 Å². The Hall–Kier alpha value is -3.98. The maximum absolute atomic E-state index is 12.2. The number of ether oxygens (including phenoxy) is 3. The Morgan fingerprint density at radius 3 is 2.47 bits per heavy atom. The van der Waals surface area contributed by atoms with Crippen LogP contribution in [0.1, 0.15) is 10.5 Å². The number of methoxy groups -OCH3 is 2. The first-order chi connectivity index (χ1) is 16.3. The zero-order chi connectivity index (χ0) is 24.4. The Morgan fingerprint density at radius 2 is 1.76 bits per heavy atom. The fraction of sp³-hybridized carbons (Fsp3) is 0.208. The van der Waals surface area contributed by atoms with E-state index < -0.39 is 0 Å². The van der Waals surface area contributed by atoms with Crippen molar-refractivity contribution in [1.82, 2.24) is 19.4 Å². The lowest BCUT2D eigenvalue weighted by Crippen LogP contribution is -2.22. The second-order valence-corrected chi connectivity index (χ2v) is 8.04. The number of halogens is 1. The van der Waals surface area contributed by atoms with Crippen LogP contribution in [0.4, 0.5) is 11.6 Å². The summed E-state index contributed by atoms with van der Waals surface area (Å²) in [5.41, 5.74) is 2.57. The number of hydrogen-bond acceptors (Lipinski definition) is 7. The summed E-state index contributed by atoms with van der Waals surface area (Å²) in [7, 11) is 8.37. The summed E-state index contributed by atoms with van der Waals surface area (Å²) in [5.74, 6) is 2.56. The van der Waals surface area contributed by atoms with E-state index in [-0.39, 0.29) is 5.91 Å². The summed E-state index contributed by atoms with van der Waals surface area (Å²) in [4.78, 5) is 22.5. The number of fused-ring (bicyclic) bond motifs is 1. The number of carbonyl (C=O) groups excluding carboxylic acids is 1. The summed E-state index contributed by atoms with van der Waals surface area (Å²) in [6.07, 6.45) is 1.54. The van der Waals surface area contributed by atoms with Gasteiger partial charge in [-0.05, 0) is 24.3 Å². The van der Waals surface area contributed by atoms with Crippen LogP contribution in [-0.2, 0) is 7.05 Å². The molecule has 0 unspecified atom stereocenters. The molecule has 0 aliphatic rings. The van der Waals surface area contributed by atoms with Crippen molar-refractivity contribution in [3.8, 4) is 23.0 Å². The van der Waals surface area contributed by atoms with Crippen LogP contribution in [0.5, 0.6) is 23.0 Å². The van der Waals surface area contributed by atoms with Gasteiger partial charge in [0, 0.05) is 45.5 Å². The van der Waals surface area contributed by atoms with Crippen molar-refractivity contribution in [2.45, 2.75) is 0 Å². The normalized spacial score (nSPS) is 10.8. The van der Waals surface area contributed by atoms with E-state index in [1.54, 1.807) is 58.8 Å². The lowest BCUT2D eigenvalue weighted by atomic mass is 10.2. The molecule has 0 radical (unpaired) electrons. The minimum absolute atomic E-state index is 0.199. The summed E-state index contributed by atoms with van der Waals surface area (Å²) in [6, 6.07) is 12.3. The highest BCUT2D eigenvalue weighted by atomic mass is 35.5. The number of pyridine rings is 1. The molecule has 0 saturated carbocycles. The highest BCUT2D eigenvalue weighted by Gasteiger charge is 2.15. The molecule has 0 aliphatic carbocycles. The van der Waals surface area contributed by atoms with E-state index in [4.69, 9.17) is 30.8 Å². The molecule has 1 amide bonds. The molecule has 176 valence electrons. The molecule has 34 heavy (non-hydrogen) atoms. The second-order valence-electron chi connectivity index (χ2n) is 7.64. The number of amides is 1. The first-order valence-electron chi connectivity index (χ1n) is 10.3. The molecular formula is C24H24ClN5O4. The van der Waals surface area contributed by atoms with Crippen LogP contribution in [0.25, 0.3) is 11.0 Å². The average molecular weight is 482 g/mol. The molecule has 2 aromatic heterocycles. The number of imidazole rings is 1. The van der Waals surface area contributed by atoms with Gasteiger partial charge in [0.1, 0.15) is 28.7 Å². The fourth-order valence-corrected chi connectivity index (χ4v) is 3.63. The van der Waals surface area contributed by atoms with Gasteiger partial charge >= 0.3 is 0 Å². The van der Waals surface area contributed by atoms with Crippen molar-refractivity contribution in [2.24, 2.45) is 7.05 Å². The predicted octanol–water partition coefficient (Wildman–Crippen LogP) is 4.88. The van der Waals surface area contributed by atoms with Crippen LogP contribution in [0, 0.1) is 0 Å². The molecule has 2 heterocycles. The van der Waals surface area contributed by atoms with Gasteiger partial charge in [0.2, 0.25) is 5.95 Å². The van der Waals surface area contributed by atoms with E-state index in [1.165, 1.54) is 4.90 Å². The molecule has 10 heteroatoms. The number of anilines is 2. The van der Waals surface area contributed by atoms with Gasteiger partial charge in [-0.3, -0.25) is 9.78 Å². The van der Waals surface area contributed by atoms with Gasteiger partial charge in [0.25, 0.3) is 5.91 Å². The third kappa shape index (κ3) is 4.55. The van der Waals surface area contributed by atoms with Crippen molar-refractivity contribution in [1.29, 1.82) is 0 Å². The molecule has 0 bridgehead atoms. The van der Waals surface area contributed by atoms with E-state index in [0.717, 1.165) is 11.0 Å². The van der Waals surface area contributed by atoms with Crippen LogP contribution in [0.2, 0.25) is 5.02 Å². The number of carbonyl (C=O) groups is 1. The first kappa shape index (κ1) is 23.2. The highest BCUT2D eigenvalue weighted by Crippen LogP contribution is 2.37. The third-order valence-electron chi connectivity index (χ3n) is 5.17. The van der Waals surface area contributed by atoms with E-state index in [2.05, 4.69) is 10.3 Å². The van der Waals surface area contributed by atoms with Crippen molar-refractivity contribution in [2.75, 3.05) is 33.6 Å². The van der Waals surface area contributed by atoms with E-state index >= 15 is 0 Å². The zero-order valence-electron chi connectivity index (χ0n) is 19.4. The Morgan fingerprint density at radius 1 is 1.03 bits per heavy atom. The van der Waals surface area contributed by atoms with Gasteiger partial charge in [-0.25, -0.2) is 4.98 Å².